The maximum atomic E-state index is 10.9. The summed E-state index contributed by atoms with van der Waals surface area (Å²) in [7, 11) is 1.47. The Bertz CT molecular complexity index is 719. The SMILES string of the molecule is COc1cc(OCc2ccccc2)ccc1/C=C(\C=O)C(=O)O. The third kappa shape index (κ3) is 4.44. The number of aliphatic carboxylic acids is 1. The maximum Gasteiger partial charge on any atom is 0.339 e. The number of carboxylic acid groups (broad SMARTS) is 1. The Kier molecular flexibility index (Phi) is 5.52. The molecule has 2 aromatic carbocycles. The van der Waals surface area contributed by atoms with Gasteiger partial charge < -0.3 is 14.6 Å². The molecule has 2 aromatic rings. The highest BCUT2D eigenvalue weighted by Crippen LogP contribution is 2.27. The summed E-state index contributed by atoms with van der Waals surface area (Å²) >= 11 is 0. The third-order valence-corrected chi connectivity index (χ3v) is 3.14. The molecule has 118 valence electrons. The van der Waals surface area contributed by atoms with E-state index in [9.17, 15) is 9.59 Å². The number of ether oxygens (including phenoxy) is 2. The molecule has 2 rings (SSSR count). The predicted molar refractivity (Wildman–Crippen MR) is 85.4 cm³/mol. The van der Waals surface area contributed by atoms with Crippen LogP contribution >= 0.6 is 0 Å². The molecule has 0 heterocycles. The molecule has 0 atom stereocenters. The van der Waals surface area contributed by atoms with Crippen LogP contribution < -0.4 is 9.47 Å². The molecule has 5 heteroatoms. The Balaban J connectivity index is 2.19. The van der Waals surface area contributed by atoms with Gasteiger partial charge in [-0.2, -0.15) is 0 Å². The summed E-state index contributed by atoms with van der Waals surface area (Å²) in [5, 5.41) is 8.90. The van der Waals surface area contributed by atoms with Crippen molar-refractivity contribution in [3.8, 4) is 11.5 Å². The number of aldehydes is 1. The maximum absolute atomic E-state index is 10.9. The van der Waals surface area contributed by atoms with Crippen molar-refractivity contribution in [1.82, 2.24) is 0 Å². The molecular formula is C18H16O5. The van der Waals surface area contributed by atoms with Crippen molar-refractivity contribution in [2.24, 2.45) is 0 Å². The summed E-state index contributed by atoms with van der Waals surface area (Å²) in [6.45, 7) is 0.411. The van der Waals surface area contributed by atoms with Crippen molar-refractivity contribution < 1.29 is 24.2 Å². The molecule has 0 aliphatic heterocycles. The second-order valence-electron chi connectivity index (χ2n) is 4.70. The number of methoxy groups -OCH3 is 1. The fraction of sp³-hybridized carbons (Fsp3) is 0.111. The normalized spacial score (nSPS) is 10.9. The van der Waals surface area contributed by atoms with E-state index >= 15 is 0 Å². The summed E-state index contributed by atoms with van der Waals surface area (Å²) in [5.41, 5.74) is 1.18. The zero-order valence-electron chi connectivity index (χ0n) is 12.6. The zero-order chi connectivity index (χ0) is 16.7. The molecule has 0 aliphatic carbocycles. The average molecular weight is 312 g/mol. The molecular weight excluding hydrogens is 296 g/mol. The first-order valence-corrected chi connectivity index (χ1v) is 6.89. The van der Waals surface area contributed by atoms with Crippen LogP contribution in [0.25, 0.3) is 6.08 Å². The quantitative estimate of drug-likeness (QED) is 0.368. The molecule has 0 amide bonds. The van der Waals surface area contributed by atoms with Crippen molar-refractivity contribution in [3.05, 3.63) is 65.2 Å². The summed E-state index contributed by atoms with van der Waals surface area (Å²) in [6, 6.07) is 14.7. The number of carboxylic acids is 1. The molecule has 1 N–H and O–H groups in total. The van der Waals surface area contributed by atoms with E-state index in [0.29, 0.717) is 30.0 Å². The summed E-state index contributed by atoms with van der Waals surface area (Å²) in [6.07, 6.45) is 1.55. The lowest BCUT2D eigenvalue weighted by molar-refractivity contribution is -0.133. The van der Waals surface area contributed by atoms with E-state index in [1.165, 1.54) is 13.2 Å². The van der Waals surface area contributed by atoms with Gasteiger partial charge in [-0.25, -0.2) is 4.79 Å². The third-order valence-electron chi connectivity index (χ3n) is 3.14. The van der Waals surface area contributed by atoms with Crippen LogP contribution in [0.3, 0.4) is 0 Å². The number of hydrogen-bond acceptors (Lipinski definition) is 4. The molecule has 0 saturated carbocycles. The van der Waals surface area contributed by atoms with Gasteiger partial charge in [0.15, 0.2) is 6.29 Å². The highest BCUT2D eigenvalue weighted by molar-refractivity contribution is 6.11. The van der Waals surface area contributed by atoms with E-state index in [1.807, 2.05) is 30.3 Å². The van der Waals surface area contributed by atoms with Crippen molar-refractivity contribution in [1.29, 1.82) is 0 Å². The van der Waals surface area contributed by atoms with Crippen LogP contribution in [0.15, 0.2) is 54.1 Å². The molecule has 0 aromatic heterocycles. The average Bonchev–Trinajstić information content (AvgIpc) is 2.58. The van der Waals surface area contributed by atoms with Crippen LogP contribution in [0.1, 0.15) is 11.1 Å². The second kappa shape index (κ2) is 7.79. The Labute approximate surface area is 133 Å². The van der Waals surface area contributed by atoms with Crippen LogP contribution in [-0.2, 0) is 16.2 Å². The topological polar surface area (TPSA) is 72.8 Å². The highest BCUT2D eigenvalue weighted by Gasteiger charge is 2.09. The van der Waals surface area contributed by atoms with E-state index in [-0.39, 0.29) is 5.57 Å². The van der Waals surface area contributed by atoms with Crippen molar-refractivity contribution >= 4 is 18.3 Å². The number of benzene rings is 2. The first kappa shape index (κ1) is 16.3. The van der Waals surface area contributed by atoms with Gasteiger partial charge in [-0.3, -0.25) is 4.79 Å². The summed E-state index contributed by atoms with van der Waals surface area (Å²) < 4.78 is 10.9. The molecule has 0 bridgehead atoms. The molecule has 0 saturated heterocycles. The van der Waals surface area contributed by atoms with Crippen molar-refractivity contribution in [3.63, 3.8) is 0 Å². The first-order valence-electron chi connectivity index (χ1n) is 6.89. The smallest absolute Gasteiger partial charge is 0.339 e. The minimum Gasteiger partial charge on any atom is -0.496 e. The van der Waals surface area contributed by atoms with Gasteiger partial charge in [-0.05, 0) is 23.8 Å². The summed E-state index contributed by atoms with van der Waals surface area (Å²) in [4.78, 5) is 21.7. The lowest BCUT2D eigenvalue weighted by Crippen LogP contribution is -2.01. The van der Waals surface area contributed by atoms with Gasteiger partial charge in [-0.15, -0.1) is 0 Å². The van der Waals surface area contributed by atoms with E-state index < -0.39 is 5.97 Å². The number of rotatable bonds is 7. The fourth-order valence-corrected chi connectivity index (χ4v) is 1.96. The van der Waals surface area contributed by atoms with Gasteiger partial charge in [0.25, 0.3) is 0 Å². The van der Waals surface area contributed by atoms with E-state index in [1.54, 1.807) is 18.2 Å². The zero-order valence-corrected chi connectivity index (χ0v) is 12.6. The number of hydrogen-bond donors (Lipinski definition) is 1. The minimum atomic E-state index is -1.29. The molecule has 0 spiro atoms. The van der Waals surface area contributed by atoms with Gasteiger partial charge in [0, 0.05) is 11.6 Å². The van der Waals surface area contributed by atoms with Crippen molar-refractivity contribution in [2.75, 3.05) is 7.11 Å². The molecule has 0 aliphatic rings. The largest absolute Gasteiger partial charge is 0.496 e. The number of carbonyl (C=O) groups is 2. The lowest BCUT2D eigenvalue weighted by Gasteiger charge is -2.10. The van der Waals surface area contributed by atoms with Crippen LogP contribution in [0, 0.1) is 0 Å². The minimum absolute atomic E-state index is 0.293. The van der Waals surface area contributed by atoms with Crippen LogP contribution in [0.4, 0.5) is 0 Å². The van der Waals surface area contributed by atoms with Gasteiger partial charge in [-0.1, -0.05) is 30.3 Å². The van der Waals surface area contributed by atoms with Crippen molar-refractivity contribution in [2.45, 2.75) is 6.61 Å². The van der Waals surface area contributed by atoms with E-state index in [0.717, 1.165) is 5.56 Å². The Morgan fingerprint density at radius 2 is 1.91 bits per heavy atom. The molecule has 0 radical (unpaired) electrons. The van der Waals surface area contributed by atoms with Gasteiger partial charge in [0.05, 0.1) is 12.7 Å². The van der Waals surface area contributed by atoms with E-state index in [2.05, 4.69) is 0 Å². The Morgan fingerprint density at radius 1 is 1.17 bits per heavy atom. The standard InChI is InChI=1S/C18H16O5/c1-22-17-10-16(23-12-13-5-3-2-4-6-13)8-7-14(17)9-15(11-19)18(20)21/h2-11H,12H2,1H3,(H,20,21)/b15-9+. The molecule has 23 heavy (non-hydrogen) atoms. The Morgan fingerprint density at radius 3 is 2.52 bits per heavy atom. The second-order valence-corrected chi connectivity index (χ2v) is 4.70. The monoisotopic (exact) mass is 312 g/mol. The van der Waals surface area contributed by atoms with Gasteiger partial charge in [0.1, 0.15) is 18.1 Å². The predicted octanol–water partition coefficient (Wildman–Crippen LogP) is 2.94. The number of carbonyl (C=O) groups excluding carboxylic acids is 1. The summed E-state index contributed by atoms with van der Waals surface area (Å²) in [5.74, 6) is -0.270. The Hall–Kier alpha value is -3.08. The molecule has 5 nitrogen and oxygen atoms in total. The van der Waals surface area contributed by atoms with E-state index in [4.69, 9.17) is 14.6 Å². The first-order chi connectivity index (χ1) is 11.1. The molecule has 0 unspecified atom stereocenters. The lowest BCUT2D eigenvalue weighted by atomic mass is 10.1. The van der Waals surface area contributed by atoms with Crippen LogP contribution in [0.2, 0.25) is 0 Å². The van der Waals surface area contributed by atoms with Crippen LogP contribution in [0.5, 0.6) is 11.5 Å². The van der Waals surface area contributed by atoms with Crippen LogP contribution in [-0.4, -0.2) is 24.5 Å². The highest BCUT2D eigenvalue weighted by atomic mass is 16.5. The molecule has 0 fully saturated rings. The fourth-order valence-electron chi connectivity index (χ4n) is 1.96. The van der Waals surface area contributed by atoms with Gasteiger partial charge >= 0.3 is 5.97 Å². The van der Waals surface area contributed by atoms with Gasteiger partial charge in [0.2, 0.25) is 0 Å².